The molecule has 1 saturated heterocycles. The summed E-state index contributed by atoms with van der Waals surface area (Å²) in [6.07, 6.45) is 5.54. The van der Waals surface area contributed by atoms with Gasteiger partial charge in [0.15, 0.2) is 0 Å². The minimum absolute atomic E-state index is 0.429. The highest BCUT2D eigenvalue weighted by molar-refractivity contribution is 5.80. The van der Waals surface area contributed by atoms with E-state index in [9.17, 15) is 4.79 Å². The zero-order valence-electron chi connectivity index (χ0n) is 8.07. The molecule has 2 aliphatic rings. The molecule has 0 aromatic rings. The van der Waals surface area contributed by atoms with Crippen molar-refractivity contribution in [3.05, 3.63) is 12.7 Å². The summed E-state index contributed by atoms with van der Waals surface area (Å²) in [6.45, 7) is 4.02. The third-order valence-electron chi connectivity index (χ3n) is 2.82. The van der Waals surface area contributed by atoms with Gasteiger partial charge in [-0.25, -0.2) is 4.79 Å². The number of hydrogen-bond acceptors (Lipinski definition) is 4. The van der Waals surface area contributed by atoms with Crippen molar-refractivity contribution in [2.45, 2.75) is 31.5 Å². The number of epoxide rings is 1. The van der Waals surface area contributed by atoms with Gasteiger partial charge in [-0.1, -0.05) is 6.58 Å². The Labute approximate surface area is 83.2 Å². The number of hydroxylamine groups is 1. The number of hydrogen-bond donors (Lipinski definition) is 1. The Morgan fingerprint density at radius 1 is 1.57 bits per heavy atom. The van der Waals surface area contributed by atoms with E-state index in [2.05, 4.69) is 12.1 Å². The average Bonchev–Trinajstić information content (AvgIpc) is 2.95. The van der Waals surface area contributed by atoms with Gasteiger partial charge in [0.25, 0.3) is 0 Å². The summed E-state index contributed by atoms with van der Waals surface area (Å²) in [5.74, 6) is 0.137. The Balaban J connectivity index is 1.60. The summed E-state index contributed by atoms with van der Waals surface area (Å²) in [5, 5.41) is 0. The van der Waals surface area contributed by atoms with E-state index in [4.69, 9.17) is 9.57 Å². The van der Waals surface area contributed by atoms with E-state index >= 15 is 0 Å². The van der Waals surface area contributed by atoms with Crippen molar-refractivity contribution in [3.8, 4) is 0 Å². The molecule has 0 bridgehead atoms. The van der Waals surface area contributed by atoms with Crippen molar-refractivity contribution >= 4 is 5.97 Å². The van der Waals surface area contributed by atoms with Crippen molar-refractivity contribution in [1.29, 1.82) is 0 Å². The normalized spacial score (nSPS) is 34.4. The monoisotopic (exact) mass is 197 g/mol. The molecule has 2 rings (SSSR count). The van der Waals surface area contributed by atoms with Crippen LogP contribution in [-0.4, -0.2) is 24.7 Å². The molecule has 0 radical (unpaired) electrons. The summed E-state index contributed by atoms with van der Waals surface area (Å²) in [5.41, 5.74) is 2.67. The van der Waals surface area contributed by atoms with Crippen LogP contribution in [0.2, 0.25) is 0 Å². The number of carbonyl (C=O) groups is 1. The maximum absolute atomic E-state index is 10.7. The highest BCUT2D eigenvalue weighted by Crippen LogP contribution is 2.38. The second-order valence-corrected chi connectivity index (χ2v) is 3.87. The first-order chi connectivity index (χ1) is 6.79. The average molecular weight is 197 g/mol. The van der Waals surface area contributed by atoms with E-state index in [0.717, 1.165) is 25.3 Å². The van der Waals surface area contributed by atoms with Crippen LogP contribution in [0.15, 0.2) is 12.7 Å². The molecule has 1 aliphatic heterocycles. The van der Waals surface area contributed by atoms with Crippen molar-refractivity contribution < 1.29 is 14.4 Å². The Bertz CT molecular complexity index is 242. The van der Waals surface area contributed by atoms with Gasteiger partial charge in [-0.2, -0.15) is 5.48 Å². The predicted octanol–water partition coefficient (Wildman–Crippen LogP) is 0.788. The molecule has 1 N–H and O–H groups in total. The molecule has 0 amide bonds. The van der Waals surface area contributed by atoms with Gasteiger partial charge in [0.1, 0.15) is 0 Å². The number of fused-ring (bicyclic) bond motifs is 1. The molecule has 1 saturated carbocycles. The first-order valence-corrected chi connectivity index (χ1v) is 5.01. The van der Waals surface area contributed by atoms with Gasteiger partial charge < -0.3 is 9.57 Å². The van der Waals surface area contributed by atoms with Crippen molar-refractivity contribution in [1.82, 2.24) is 5.48 Å². The van der Waals surface area contributed by atoms with E-state index in [1.54, 1.807) is 0 Å². The Morgan fingerprint density at radius 2 is 2.43 bits per heavy atom. The lowest BCUT2D eigenvalue weighted by Crippen LogP contribution is -2.28. The van der Waals surface area contributed by atoms with Crippen molar-refractivity contribution in [3.63, 3.8) is 0 Å². The minimum Gasteiger partial charge on any atom is -0.370 e. The fourth-order valence-electron chi connectivity index (χ4n) is 1.94. The number of ether oxygens (including phenoxy) is 1. The molecule has 4 heteroatoms. The van der Waals surface area contributed by atoms with Gasteiger partial charge in [-0.15, -0.1) is 0 Å². The van der Waals surface area contributed by atoms with Gasteiger partial charge in [0, 0.05) is 12.6 Å². The molecule has 4 nitrogen and oxygen atoms in total. The van der Waals surface area contributed by atoms with Crippen LogP contribution in [-0.2, 0) is 14.4 Å². The number of rotatable bonds is 4. The van der Waals surface area contributed by atoms with E-state index < -0.39 is 5.97 Å². The molecule has 1 heterocycles. The standard InChI is InChI=1S/C10H15NO3/c1-2-10(12)14-11-6-7-3-4-8-9(5-7)13-8/h2,7-9,11H,1,3-6H2. The zero-order chi connectivity index (χ0) is 9.97. The van der Waals surface area contributed by atoms with E-state index in [1.807, 2.05) is 0 Å². The molecule has 3 unspecified atom stereocenters. The second kappa shape index (κ2) is 4.11. The third kappa shape index (κ3) is 2.33. The smallest absolute Gasteiger partial charge is 0.348 e. The van der Waals surface area contributed by atoms with Crippen LogP contribution in [0.3, 0.4) is 0 Å². The molecular formula is C10H15NO3. The number of carbonyl (C=O) groups excluding carboxylic acids is 1. The predicted molar refractivity (Wildman–Crippen MR) is 50.3 cm³/mol. The van der Waals surface area contributed by atoms with Crippen LogP contribution in [0.25, 0.3) is 0 Å². The Kier molecular flexibility index (Phi) is 2.84. The van der Waals surface area contributed by atoms with Crippen LogP contribution < -0.4 is 5.48 Å². The maximum Gasteiger partial charge on any atom is 0.348 e. The van der Waals surface area contributed by atoms with Crippen LogP contribution >= 0.6 is 0 Å². The van der Waals surface area contributed by atoms with Crippen molar-refractivity contribution in [2.75, 3.05) is 6.54 Å². The first-order valence-electron chi connectivity index (χ1n) is 5.01. The van der Waals surface area contributed by atoms with E-state index in [-0.39, 0.29) is 0 Å². The van der Waals surface area contributed by atoms with E-state index in [1.165, 1.54) is 0 Å². The van der Waals surface area contributed by atoms with Gasteiger partial charge in [0.2, 0.25) is 0 Å². The highest BCUT2D eigenvalue weighted by atomic mass is 16.7. The molecule has 1 aliphatic carbocycles. The quantitative estimate of drug-likeness (QED) is 0.411. The molecule has 0 aromatic carbocycles. The largest absolute Gasteiger partial charge is 0.370 e. The van der Waals surface area contributed by atoms with Crippen LogP contribution in [0, 0.1) is 5.92 Å². The molecule has 78 valence electrons. The summed E-state index contributed by atoms with van der Waals surface area (Å²) < 4.78 is 5.40. The second-order valence-electron chi connectivity index (χ2n) is 3.87. The van der Waals surface area contributed by atoms with Gasteiger partial charge in [-0.3, -0.25) is 0 Å². The van der Waals surface area contributed by atoms with Gasteiger partial charge >= 0.3 is 5.97 Å². The lowest BCUT2D eigenvalue weighted by molar-refractivity contribution is -0.145. The summed E-state index contributed by atoms with van der Waals surface area (Å²) in [6, 6.07) is 0. The molecular weight excluding hydrogens is 182 g/mol. The van der Waals surface area contributed by atoms with Crippen molar-refractivity contribution in [2.24, 2.45) is 5.92 Å². The number of nitrogens with one attached hydrogen (secondary N) is 1. The maximum atomic E-state index is 10.7. The molecule has 3 atom stereocenters. The topological polar surface area (TPSA) is 50.9 Å². The van der Waals surface area contributed by atoms with E-state index in [0.29, 0.717) is 24.7 Å². The zero-order valence-corrected chi connectivity index (χ0v) is 8.07. The summed E-state index contributed by atoms with van der Waals surface area (Å²) >= 11 is 0. The summed E-state index contributed by atoms with van der Waals surface area (Å²) in [7, 11) is 0. The lowest BCUT2D eigenvalue weighted by Gasteiger charge is -2.18. The SMILES string of the molecule is C=CC(=O)ONCC1CCC2OC2C1. The van der Waals surface area contributed by atoms with Crippen LogP contribution in [0.5, 0.6) is 0 Å². The minimum atomic E-state index is -0.429. The third-order valence-corrected chi connectivity index (χ3v) is 2.82. The van der Waals surface area contributed by atoms with Gasteiger partial charge in [0.05, 0.1) is 12.2 Å². The van der Waals surface area contributed by atoms with Crippen LogP contribution in [0.4, 0.5) is 0 Å². The van der Waals surface area contributed by atoms with Crippen LogP contribution in [0.1, 0.15) is 19.3 Å². The fourth-order valence-corrected chi connectivity index (χ4v) is 1.94. The summed E-state index contributed by atoms with van der Waals surface area (Å²) in [4.78, 5) is 15.4. The van der Waals surface area contributed by atoms with Gasteiger partial charge in [-0.05, 0) is 25.2 Å². The lowest BCUT2D eigenvalue weighted by atomic mass is 9.89. The molecule has 2 fully saturated rings. The Hall–Kier alpha value is -0.870. The first kappa shape index (κ1) is 9.68. The molecule has 0 aromatic heterocycles. The fraction of sp³-hybridized carbons (Fsp3) is 0.700. The molecule has 14 heavy (non-hydrogen) atoms. The molecule has 0 spiro atoms. The highest BCUT2D eigenvalue weighted by Gasteiger charge is 2.43. The Morgan fingerprint density at radius 3 is 3.14 bits per heavy atom.